The van der Waals surface area contributed by atoms with Crippen LogP contribution in [0, 0.1) is 13.8 Å². The van der Waals surface area contributed by atoms with Crippen LogP contribution in [0.1, 0.15) is 81.3 Å². The van der Waals surface area contributed by atoms with E-state index >= 15 is 0 Å². The van der Waals surface area contributed by atoms with Crippen molar-refractivity contribution in [2.75, 3.05) is 0 Å². The van der Waals surface area contributed by atoms with Crippen LogP contribution in [-0.2, 0) is 37.6 Å². The molecule has 0 aromatic heterocycles. The molecule has 228 valence electrons. The molecule has 0 unspecified atom stereocenters. The third kappa shape index (κ3) is 6.90. The van der Waals surface area contributed by atoms with Crippen molar-refractivity contribution in [3.63, 3.8) is 0 Å². The zero-order valence-electron chi connectivity index (χ0n) is 27.5. The minimum absolute atomic E-state index is 0. The molecule has 0 spiro atoms. The Morgan fingerprint density at radius 1 is 0.659 bits per heavy atom. The second-order valence-corrected chi connectivity index (χ2v) is 27.7. The number of fused-ring (bicyclic) bond motifs is 3. The molecule has 0 amide bonds. The van der Waals surface area contributed by atoms with Crippen LogP contribution >= 0.6 is 24.8 Å². The third-order valence-corrected chi connectivity index (χ3v) is 27.6. The first-order chi connectivity index (χ1) is 19.9. The molecule has 6 rings (SSSR count). The SMILES string of the molecule is Cc1cccc([Si](c2cccc(C)c2)=[Zr]([C]2=CC=CC2)[c]2cc(C(C)(C)C)cc3c2Cc2ccc(C(C)(C)C)cc2-3)c1.Cl.Cl. The second kappa shape index (κ2) is 13.4. The van der Waals surface area contributed by atoms with E-state index in [2.05, 4.69) is 152 Å². The molecule has 0 nitrogen and oxygen atoms in total. The Kier molecular flexibility index (Phi) is 10.6. The number of aryl methyl sites for hydroxylation is 2. The van der Waals surface area contributed by atoms with E-state index in [1.165, 1.54) is 38.9 Å². The maximum absolute atomic E-state index is 2.69. The molecular formula is C40H46Cl2SiZr. The molecule has 2 aliphatic rings. The largest absolute Gasteiger partial charge is 0.147 e. The minimum atomic E-state index is -2.52. The summed E-state index contributed by atoms with van der Waals surface area (Å²) in [6.07, 6.45) is 9.44. The first-order valence-corrected chi connectivity index (χ1v) is 23.1. The van der Waals surface area contributed by atoms with Crippen molar-refractivity contribution in [2.24, 2.45) is 0 Å². The van der Waals surface area contributed by atoms with Crippen molar-refractivity contribution < 1.29 is 20.4 Å². The van der Waals surface area contributed by atoms with Crippen LogP contribution in [0.2, 0.25) is 0 Å². The summed E-state index contributed by atoms with van der Waals surface area (Å²) in [5, 5.41) is 3.18. The molecule has 44 heavy (non-hydrogen) atoms. The van der Waals surface area contributed by atoms with Gasteiger partial charge in [-0.2, -0.15) is 0 Å². The van der Waals surface area contributed by atoms with Gasteiger partial charge < -0.3 is 0 Å². The average Bonchev–Trinajstić information content (AvgIpc) is 3.58. The Morgan fingerprint density at radius 3 is 1.77 bits per heavy atom. The van der Waals surface area contributed by atoms with Gasteiger partial charge in [0.1, 0.15) is 0 Å². The molecular weight excluding hydrogens is 671 g/mol. The first-order valence-electron chi connectivity index (χ1n) is 15.5. The van der Waals surface area contributed by atoms with Gasteiger partial charge in [-0.3, -0.25) is 0 Å². The fraction of sp³-hybridized carbons (Fsp3) is 0.300. The summed E-state index contributed by atoms with van der Waals surface area (Å²) in [5.41, 5.74) is 11.0. The van der Waals surface area contributed by atoms with Crippen LogP contribution in [0.25, 0.3) is 11.1 Å². The number of benzene rings is 4. The summed E-state index contributed by atoms with van der Waals surface area (Å²) >= 11 is -2.52. The molecule has 4 aromatic carbocycles. The number of hydrogen-bond donors (Lipinski definition) is 0. The predicted octanol–water partition coefficient (Wildman–Crippen LogP) is 9.21. The van der Waals surface area contributed by atoms with Gasteiger partial charge in [0.15, 0.2) is 0 Å². The van der Waals surface area contributed by atoms with Crippen LogP contribution in [-0.4, -0.2) is 5.43 Å². The van der Waals surface area contributed by atoms with Crippen LogP contribution < -0.4 is 13.6 Å². The second-order valence-electron chi connectivity index (χ2n) is 14.4. The zero-order valence-corrected chi connectivity index (χ0v) is 32.6. The summed E-state index contributed by atoms with van der Waals surface area (Å²) < 4.78 is 3.51. The van der Waals surface area contributed by atoms with Crippen molar-refractivity contribution in [1.29, 1.82) is 0 Å². The molecule has 2 aliphatic carbocycles. The monoisotopic (exact) mass is 714 g/mol. The maximum Gasteiger partial charge on any atom is -0.147 e. The van der Waals surface area contributed by atoms with Gasteiger partial charge in [0.2, 0.25) is 0 Å². The molecule has 0 atom stereocenters. The molecule has 0 aliphatic heterocycles. The van der Waals surface area contributed by atoms with E-state index in [9.17, 15) is 0 Å². The molecule has 0 saturated carbocycles. The Hall–Kier alpha value is -1.96. The fourth-order valence-electron chi connectivity index (χ4n) is 6.55. The van der Waals surface area contributed by atoms with E-state index in [0.29, 0.717) is 0 Å². The van der Waals surface area contributed by atoms with Gasteiger partial charge in [-0.05, 0) is 0 Å². The van der Waals surface area contributed by atoms with E-state index in [4.69, 9.17) is 0 Å². The van der Waals surface area contributed by atoms with E-state index in [1.807, 2.05) is 0 Å². The Morgan fingerprint density at radius 2 is 1.25 bits per heavy atom. The normalized spacial score (nSPS) is 13.4. The van der Waals surface area contributed by atoms with Crippen LogP contribution in [0.4, 0.5) is 0 Å². The quantitative estimate of drug-likeness (QED) is 0.163. The average molecular weight is 717 g/mol. The summed E-state index contributed by atoms with van der Waals surface area (Å²) in [4.78, 5) is 0. The predicted molar refractivity (Wildman–Crippen MR) is 195 cm³/mol. The van der Waals surface area contributed by atoms with Gasteiger partial charge in [-0.25, -0.2) is 0 Å². The van der Waals surface area contributed by atoms with Crippen molar-refractivity contribution in [2.45, 2.75) is 79.1 Å². The number of hydrogen-bond acceptors (Lipinski definition) is 0. The molecule has 4 aromatic rings. The zero-order chi connectivity index (χ0) is 29.8. The summed E-state index contributed by atoms with van der Waals surface area (Å²) in [6, 6.07) is 31.6. The topological polar surface area (TPSA) is 0 Å². The Balaban J connectivity index is 0.00000221. The van der Waals surface area contributed by atoms with Gasteiger partial charge in [-0.15, -0.1) is 24.8 Å². The van der Waals surface area contributed by atoms with Crippen molar-refractivity contribution in [3.05, 3.63) is 134 Å². The third-order valence-electron chi connectivity index (χ3n) is 8.97. The molecule has 0 heterocycles. The molecule has 0 fully saturated rings. The standard InChI is InChI=1S/C21H25.C14H14Si.C5H5.2ClH.Zr/c1-20(2,3)16-9-7-14-11-15-8-10-17(21(4,5)6)13-19(15)18(14)12-16;1-11-5-3-7-13(9-11)15-14-8-4-6-12(2)10-14;1-2-4-5-3-1;;;/h7,9-10,12-13H,11H2,1-6H3;3-10H,1-2H3;1-3H,4H2;2*1H;. The first kappa shape index (κ1) is 34.9. The molecule has 0 bridgehead atoms. The summed E-state index contributed by atoms with van der Waals surface area (Å²) in [7, 11) is 0. The maximum atomic E-state index is 2.69. The molecule has 4 heteroatoms. The molecule has 0 N–H and O–H groups in total. The summed E-state index contributed by atoms with van der Waals surface area (Å²) in [6.45, 7) is 18.7. The number of halogens is 2. The van der Waals surface area contributed by atoms with Crippen LogP contribution in [0.15, 0.2) is 100 Å². The smallest absolute Gasteiger partial charge is 0.147 e. The van der Waals surface area contributed by atoms with Gasteiger partial charge >= 0.3 is 263 Å². The van der Waals surface area contributed by atoms with Gasteiger partial charge in [-0.1, -0.05) is 0 Å². The number of rotatable bonds is 4. The molecule has 0 radical (unpaired) electrons. The van der Waals surface area contributed by atoms with E-state index in [1.54, 1.807) is 22.5 Å². The van der Waals surface area contributed by atoms with Crippen LogP contribution in [0.5, 0.6) is 0 Å². The van der Waals surface area contributed by atoms with E-state index in [0.717, 1.165) is 12.8 Å². The minimum Gasteiger partial charge on any atom is -0.147 e. The van der Waals surface area contributed by atoms with Gasteiger partial charge in [0.25, 0.3) is 0 Å². The Labute approximate surface area is 286 Å². The van der Waals surface area contributed by atoms with Gasteiger partial charge in [0, 0.05) is 0 Å². The van der Waals surface area contributed by atoms with Gasteiger partial charge in [0.05, 0.1) is 0 Å². The molecule has 0 saturated heterocycles. The van der Waals surface area contributed by atoms with E-state index < -0.39 is 25.8 Å². The van der Waals surface area contributed by atoms with Crippen molar-refractivity contribution in [1.82, 2.24) is 0 Å². The van der Waals surface area contributed by atoms with E-state index in [-0.39, 0.29) is 35.6 Å². The Bertz CT molecular complexity index is 1760. The fourth-order valence-corrected chi connectivity index (χ4v) is 27.0. The van der Waals surface area contributed by atoms with Crippen LogP contribution in [0.3, 0.4) is 0 Å². The summed E-state index contributed by atoms with van der Waals surface area (Å²) in [5.74, 6) is 0. The number of allylic oxidation sites excluding steroid dienone is 4. The van der Waals surface area contributed by atoms with Crippen molar-refractivity contribution >= 4 is 43.9 Å². The van der Waals surface area contributed by atoms with Crippen molar-refractivity contribution in [3.8, 4) is 11.1 Å².